The molecule has 0 spiro atoms. The number of fused-ring (bicyclic) bond motifs is 1. The van der Waals surface area contributed by atoms with Crippen molar-refractivity contribution in [1.82, 2.24) is 14.9 Å². The van der Waals surface area contributed by atoms with Gasteiger partial charge in [-0.3, -0.25) is 4.79 Å². The maximum absolute atomic E-state index is 12.9. The maximum Gasteiger partial charge on any atom is 0.251 e. The summed E-state index contributed by atoms with van der Waals surface area (Å²) < 4.78 is 66.5. The van der Waals surface area contributed by atoms with Gasteiger partial charge in [-0.05, 0) is 18.9 Å². The van der Waals surface area contributed by atoms with Crippen LogP contribution in [0.3, 0.4) is 0 Å². The summed E-state index contributed by atoms with van der Waals surface area (Å²) in [7, 11) is 2.65. The molecule has 0 aliphatic carbocycles. The quantitative estimate of drug-likeness (QED) is 0.822. The van der Waals surface area contributed by atoms with Gasteiger partial charge >= 0.3 is 0 Å². The maximum atomic E-state index is 12.9. The second kappa shape index (κ2) is 7.67. The molecule has 28 heavy (non-hydrogen) atoms. The highest BCUT2D eigenvalue weighted by Crippen LogP contribution is 2.34. The minimum absolute atomic E-state index is 0.00280. The van der Waals surface area contributed by atoms with Crippen LogP contribution in [0, 0.1) is 0 Å². The summed E-state index contributed by atoms with van der Waals surface area (Å²) in [5, 5.41) is 0.0598. The number of carbonyl (C=O) groups is 1. The van der Waals surface area contributed by atoms with Crippen molar-refractivity contribution >= 4 is 28.6 Å². The third-order valence-electron chi connectivity index (χ3n) is 4.56. The van der Waals surface area contributed by atoms with Gasteiger partial charge < -0.3 is 29.7 Å². The fourth-order valence-corrected chi connectivity index (χ4v) is 3.08. The molecule has 2 aromatic rings. The predicted octanol–water partition coefficient (Wildman–Crippen LogP) is 1.06. The first-order chi connectivity index (χ1) is 15.9. The molecule has 3 heterocycles. The van der Waals surface area contributed by atoms with E-state index in [-0.39, 0.29) is 46.3 Å². The predicted molar refractivity (Wildman–Crippen MR) is 105 cm³/mol. The van der Waals surface area contributed by atoms with Crippen molar-refractivity contribution in [2.45, 2.75) is 18.9 Å². The summed E-state index contributed by atoms with van der Waals surface area (Å²) >= 11 is 0. The highest BCUT2D eigenvalue weighted by Gasteiger charge is 2.31. The summed E-state index contributed by atoms with van der Waals surface area (Å²) in [4.78, 5) is 23.2. The molecule has 0 radical (unpaired) electrons. The van der Waals surface area contributed by atoms with Crippen molar-refractivity contribution < 1.29 is 27.2 Å². The van der Waals surface area contributed by atoms with E-state index in [1.807, 2.05) is 0 Å². The lowest BCUT2D eigenvalue weighted by Gasteiger charge is -2.35. The van der Waals surface area contributed by atoms with Crippen LogP contribution in [0.1, 0.15) is 21.1 Å². The molecule has 9 nitrogen and oxygen atoms in total. The Morgan fingerprint density at radius 3 is 2.64 bits per heavy atom. The molecule has 2 fully saturated rings. The standard InChI is InChI=1S/C19H25N5O4/c1-26-15-10-12-13(11-16(15)27-2)21-19(22-17(12)20)24-7-5-23(6-8-24)18(25)14-4-3-9-28-14/h10-11,14H,3-9H2,1-2H3,(H2,20,21,22)/i5D2,6D2,10D,11D. The zero-order valence-corrected chi connectivity index (χ0v) is 15.6. The Kier molecular flexibility index (Phi) is 3.45. The van der Waals surface area contributed by atoms with Crippen LogP contribution in [0.15, 0.2) is 12.1 Å². The molecule has 0 saturated carbocycles. The van der Waals surface area contributed by atoms with Crippen LogP contribution in [0.2, 0.25) is 0 Å². The Balaban J connectivity index is 1.77. The number of methoxy groups -OCH3 is 2. The summed E-state index contributed by atoms with van der Waals surface area (Å²) in [6.07, 6.45) is 0.171. The number of hydrogen-bond acceptors (Lipinski definition) is 8. The van der Waals surface area contributed by atoms with Crippen LogP contribution in [-0.2, 0) is 9.53 Å². The third-order valence-corrected chi connectivity index (χ3v) is 4.56. The molecule has 9 heteroatoms. The van der Waals surface area contributed by atoms with Gasteiger partial charge in [-0.15, -0.1) is 0 Å². The molecule has 1 aromatic heterocycles. The number of rotatable bonds is 4. The molecule has 2 aliphatic rings. The van der Waals surface area contributed by atoms with Gasteiger partial charge in [-0.2, -0.15) is 4.98 Å². The van der Waals surface area contributed by atoms with Crippen LogP contribution < -0.4 is 20.1 Å². The summed E-state index contributed by atoms with van der Waals surface area (Å²) in [6, 6.07) is -0.383. The monoisotopic (exact) mass is 393 g/mol. The number of benzene rings is 1. The highest BCUT2D eigenvalue weighted by molar-refractivity contribution is 5.91. The van der Waals surface area contributed by atoms with Crippen molar-refractivity contribution in [2.75, 3.05) is 57.5 Å². The third kappa shape index (κ3) is 3.37. The SMILES string of the molecule is [2H]c1c(OC)c(OC)c([2H])c2c(N)nc(N3CC([2H])([2H])N(C(=O)C4CCCO4)C([2H])([2H])C3)nc12. The van der Waals surface area contributed by atoms with Crippen molar-refractivity contribution in [2.24, 2.45) is 0 Å². The normalized spacial score (nSPS) is 26.6. The molecule has 2 N–H and O–H groups in total. The first-order valence-corrected chi connectivity index (χ1v) is 8.82. The number of nitrogens with zero attached hydrogens (tertiary/aromatic N) is 4. The second-order valence-corrected chi connectivity index (χ2v) is 6.30. The van der Waals surface area contributed by atoms with E-state index in [0.29, 0.717) is 24.3 Å². The van der Waals surface area contributed by atoms with Gasteiger partial charge in [0.1, 0.15) is 11.9 Å². The molecule has 2 saturated heterocycles. The van der Waals surface area contributed by atoms with Crippen LogP contribution in [0.25, 0.3) is 10.9 Å². The lowest BCUT2D eigenvalue weighted by molar-refractivity contribution is -0.141. The van der Waals surface area contributed by atoms with E-state index < -0.39 is 38.1 Å². The molecular weight excluding hydrogens is 362 g/mol. The zero-order chi connectivity index (χ0) is 25.0. The van der Waals surface area contributed by atoms with Gasteiger partial charge in [0.2, 0.25) is 5.95 Å². The highest BCUT2D eigenvalue weighted by atomic mass is 16.5. The van der Waals surface area contributed by atoms with Crippen molar-refractivity contribution in [3.8, 4) is 11.5 Å². The largest absolute Gasteiger partial charge is 0.493 e. The molecule has 1 amide bonds. The van der Waals surface area contributed by atoms with E-state index in [1.165, 1.54) is 19.1 Å². The van der Waals surface area contributed by atoms with Gasteiger partial charge in [0.15, 0.2) is 11.5 Å². The molecular formula is C19H25N5O4. The van der Waals surface area contributed by atoms with Crippen LogP contribution in [-0.4, -0.2) is 73.8 Å². The molecule has 1 aromatic carbocycles. The van der Waals surface area contributed by atoms with E-state index in [1.54, 1.807) is 0 Å². The molecule has 4 rings (SSSR count). The molecule has 1 atom stereocenters. The zero-order valence-electron chi connectivity index (χ0n) is 21.6. The fraction of sp³-hybridized carbons (Fsp3) is 0.526. The number of carbonyl (C=O) groups excluding carboxylic acids is 1. The number of nitrogens with two attached hydrogens (primary N) is 1. The number of amides is 1. The van der Waals surface area contributed by atoms with Crippen molar-refractivity contribution in [3.63, 3.8) is 0 Å². The smallest absolute Gasteiger partial charge is 0.251 e. The lowest BCUT2D eigenvalue weighted by Crippen LogP contribution is -2.51. The first kappa shape index (κ1) is 12.6. The van der Waals surface area contributed by atoms with E-state index in [0.717, 1.165) is 0 Å². The Bertz CT molecular complexity index is 1130. The first-order valence-electron chi connectivity index (χ1n) is 11.8. The summed E-state index contributed by atoms with van der Waals surface area (Å²) in [6.45, 7) is -5.34. The van der Waals surface area contributed by atoms with E-state index in [9.17, 15) is 4.79 Å². The molecule has 2 aliphatic heterocycles. The van der Waals surface area contributed by atoms with Crippen LogP contribution in [0.4, 0.5) is 11.8 Å². The van der Waals surface area contributed by atoms with Crippen LogP contribution in [0.5, 0.6) is 11.5 Å². The van der Waals surface area contributed by atoms with Crippen LogP contribution >= 0.6 is 0 Å². The van der Waals surface area contributed by atoms with E-state index in [2.05, 4.69) is 9.97 Å². The van der Waals surface area contributed by atoms with E-state index >= 15 is 0 Å². The van der Waals surface area contributed by atoms with Gasteiger partial charge in [0.25, 0.3) is 5.91 Å². The second-order valence-electron chi connectivity index (χ2n) is 6.30. The average Bonchev–Trinajstić information content (AvgIpc) is 3.28. The van der Waals surface area contributed by atoms with Crippen molar-refractivity contribution in [3.05, 3.63) is 12.1 Å². The Morgan fingerprint density at radius 1 is 1.29 bits per heavy atom. The van der Waals surface area contributed by atoms with Gasteiger partial charge in [-0.25, -0.2) is 4.98 Å². The Hall–Kier alpha value is -2.81. The van der Waals surface area contributed by atoms with Gasteiger partial charge in [-0.1, -0.05) is 0 Å². The molecule has 150 valence electrons. The Morgan fingerprint density at radius 2 is 2.00 bits per heavy atom. The number of ether oxygens (including phenoxy) is 3. The minimum Gasteiger partial charge on any atom is -0.493 e. The number of nitrogen functional groups attached to an aromatic ring is 1. The molecule has 1 unspecified atom stereocenters. The number of hydrogen-bond donors (Lipinski definition) is 1. The van der Waals surface area contributed by atoms with Crippen molar-refractivity contribution in [1.29, 1.82) is 0 Å². The topological polar surface area (TPSA) is 103 Å². The summed E-state index contributed by atoms with van der Waals surface area (Å²) in [5.41, 5.74) is 6.07. The molecule has 0 bridgehead atoms. The Labute approximate surface area is 171 Å². The number of piperazine rings is 1. The number of anilines is 2. The lowest BCUT2D eigenvalue weighted by atomic mass is 10.2. The number of aromatic nitrogens is 2. The van der Waals surface area contributed by atoms with E-state index in [4.69, 9.17) is 28.2 Å². The van der Waals surface area contributed by atoms with Gasteiger partial charge in [0.05, 0.1) is 28.0 Å². The van der Waals surface area contributed by atoms with Gasteiger partial charge in [0, 0.05) is 44.1 Å². The summed E-state index contributed by atoms with van der Waals surface area (Å²) in [5.74, 6) is -1.06. The average molecular weight is 393 g/mol. The fourth-order valence-electron chi connectivity index (χ4n) is 3.08. The minimum atomic E-state index is -2.42.